The molecule has 0 aliphatic heterocycles. The molecule has 6 heteroatoms. The molecular formula is C11H6BrF3O2. The van der Waals surface area contributed by atoms with Crippen LogP contribution in [-0.2, 0) is 0 Å². The van der Waals surface area contributed by atoms with Gasteiger partial charge in [0.25, 0.3) is 0 Å². The van der Waals surface area contributed by atoms with Crippen LogP contribution in [0.5, 0.6) is 0 Å². The number of Topliss-reactive ketones (excluding diaryl/α,β-unsaturated/α-hetero) is 1. The summed E-state index contributed by atoms with van der Waals surface area (Å²) in [4.78, 5) is 11.1. The van der Waals surface area contributed by atoms with Gasteiger partial charge in [-0.15, -0.1) is 0 Å². The molecule has 0 amide bonds. The van der Waals surface area contributed by atoms with Crippen LogP contribution >= 0.6 is 15.9 Å². The van der Waals surface area contributed by atoms with Crippen LogP contribution in [0.3, 0.4) is 0 Å². The Bertz CT molecular complexity index is 599. The van der Waals surface area contributed by atoms with Gasteiger partial charge in [-0.25, -0.2) is 0 Å². The summed E-state index contributed by atoms with van der Waals surface area (Å²) < 4.78 is 42.5. The third-order valence-electron chi connectivity index (χ3n) is 2.38. The monoisotopic (exact) mass is 306 g/mol. The largest absolute Gasteiger partial charge is 0.458 e. The average molecular weight is 307 g/mol. The van der Waals surface area contributed by atoms with E-state index in [-0.39, 0.29) is 11.1 Å². The molecule has 0 fully saturated rings. The number of para-hydroxylation sites is 1. The van der Waals surface area contributed by atoms with E-state index in [9.17, 15) is 18.0 Å². The molecule has 0 unspecified atom stereocenters. The van der Waals surface area contributed by atoms with Crippen LogP contribution in [0.2, 0.25) is 0 Å². The lowest BCUT2D eigenvalue weighted by atomic mass is 10.1. The smallest absolute Gasteiger partial charge is 0.451 e. The normalized spacial score (nSPS) is 12.1. The minimum Gasteiger partial charge on any atom is -0.451 e. The second-order valence-electron chi connectivity index (χ2n) is 3.50. The van der Waals surface area contributed by atoms with Crippen molar-refractivity contribution in [3.05, 3.63) is 34.0 Å². The highest BCUT2D eigenvalue weighted by Crippen LogP contribution is 2.33. The van der Waals surface area contributed by atoms with Crippen molar-refractivity contribution in [3.63, 3.8) is 0 Å². The number of halogens is 4. The number of carbonyl (C=O) groups is 1. The van der Waals surface area contributed by atoms with Gasteiger partial charge < -0.3 is 4.42 Å². The third-order valence-corrected chi connectivity index (χ3v) is 3.00. The Hall–Kier alpha value is -1.30. The van der Waals surface area contributed by atoms with Crippen molar-refractivity contribution in [2.24, 2.45) is 0 Å². The lowest BCUT2D eigenvalue weighted by Crippen LogP contribution is -2.22. The number of ketones is 1. The Balaban J connectivity index is 2.69. The van der Waals surface area contributed by atoms with Gasteiger partial charge in [-0.3, -0.25) is 4.79 Å². The number of aryl methyl sites for hydroxylation is 1. The Labute approximate surface area is 103 Å². The number of hydrogen-bond acceptors (Lipinski definition) is 2. The van der Waals surface area contributed by atoms with E-state index < -0.39 is 17.7 Å². The van der Waals surface area contributed by atoms with Gasteiger partial charge in [-0.2, -0.15) is 13.2 Å². The lowest BCUT2D eigenvalue weighted by molar-refractivity contribution is -0.0899. The Morgan fingerprint density at radius 3 is 2.53 bits per heavy atom. The first-order valence-electron chi connectivity index (χ1n) is 4.61. The summed E-state index contributed by atoms with van der Waals surface area (Å²) in [6, 6.07) is 4.90. The van der Waals surface area contributed by atoms with Crippen molar-refractivity contribution in [2.45, 2.75) is 13.1 Å². The second-order valence-corrected chi connectivity index (χ2v) is 4.35. The predicted molar refractivity (Wildman–Crippen MR) is 59.0 cm³/mol. The molecule has 0 aliphatic rings. The molecule has 90 valence electrons. The van der Waals surface area contributed by atoms with E-state index in [0.717, 1.165) is 0 Å². The zero-order chi connectivity index (χ0) is 12.8. The van der Waals surface area contributed by atoms with Gasteiger partial charge in [-0.05, 0) is 28.9 Å². The third kappa shape index (κ3) is 1.97. The van der Waals surface area contributed by atoms with Gasteiger partial charge in [0.15, 0.2) is 5.76 Å². The van der Waals surface area contributed by atoms with Crippen molar-refractivity contribution in [2.75, 3.05) is 0 Å². The van der Waals surface area contributed by atoms with Crippen molar-refractivity contribution in [1.82, 2.24) is 0 Å². The van der Waals surface area contributed by atoms with Gasteiger partial charge in [0.05, 0.1) is 4.47 Å². The summed E-state index contributed by atoms with van der Waals surface area (Å²) in [6.07, 6.45) is -4.93. The molecule has 2 aromatic rings. The Morgan fingerprint density at radius 2 is 2.00 bits per heavy atom. The highest BCUT2D eigenvalue weighted by molar-refractivity contribution is 9.10. The molecular weight excluding hydrogens is 301 g/mol. The molecule has 0 saturated carbocycles. The average Bonchev–Trinajstić information content (AvgIpc) is 2.56. The first-order valence-corrected chi connectivity index (χ1v) is 5.41. The summed E-state index contributed by atoms with van der Waals surface area (Å²) in [6.45, 7) is 1.43. The Kier molecular flexibility index (Phi) is 2.77. The zero-order valence-corrected chi connectivity index (χ0v) is 10.1. The molecule has 1 aromatic carbocycles. The fourth-order valence-electron chi connectivity index (χ4n) is 1.55. The summed E-state index contributed by atoms with van der Waals surface area (Å²) in [5.41, 5.74) is 0.446. The first-order chi connectivity index (χ1) is 7.82. The predicted octanol–water partition coefficient (Wildman–Crippen LogP) is 4.25. The quantitative estimate of drug-likeness (QED) is 0.737. The van der Waals surface area contributed by atoms with Crippen LogP contribution in [0.4, 0.5) is 13.2 Å². The number of alkyl halides is 3. The fraction of sp³-hybridized carbons (Fsp3) is 0.182. The van der Waals surface area contributed by atoms with Gasteiger partial charge in [0.2, 0.25) is 0 Å². The number of carbonyl (C=O) groups excluding carboxylic acids is 1. The molecule has 0 bridgehead atoms. The van der Waals surface area contributed by atoms with Gasteiger partial charge >= 0.3 is 12.0 Å². The summed E-state index contributed by atoms with van der Waals surface area (Å²) in [5, 5.41) is 0.493. The highest BCUT2D eigenvalue weighted by atomic mass is 79.9. The van der Waals surface area contributed by atoms with Crippen LogP contribution in [0.25, 0.3) is 11.0 Å². The van der Waals surface area contributed by atoms with Gasteiger partial charge in [-0.1, -0.05) is 12.1 Å². The topological polar surface area (TPSA) is 30.2 Å². The summed E-state index contributed by atoms with van der Waals surface area (Å²) in [5.74, 6) is -2.61. The van der Waals surface area contributed by atoms with Crippen molar-refractivity contribution in [3.8, 4) is 0 Å². The van der Waals surface area contributed by atoms with Crippen LogP contribution in [0.1, 0.15) is 16.1 Å². The molecule has 1 aromatic heterocycles. The van der Waals surface area contributed by atoms with Gasteiger partial charge in [0, 0.05) is 10.9 Å². The minimum absolute atomic E-state index is 0.198. The van der Waals surface area contributed by atoms with E-state index in [1.54, 1.807) is 18.2 Å². The first kappa shape index (κ1) is 12.2. The highest BCUT2D eigenvalue weighted by Gasteiger charge is 2.42. The molecule has 1 heterocycles. The number of benzene rings is 1. The van der Waals surface area contributed by atoms with Crippen LogP contribution in [0, 0.1) is 6.92 Å². The maximum absolute atomic E-state index is 12.3. The molecule has 0 aliphatic carbocycles. The zero-order valence-electron chi connectivity index (χ0n) is 8.56. The lowest BCUT2D eigenvalue weighted by Gasteiger charge is -2.02. The van der Waals surface area contributed by atoms with E-state index in [1.807, 2.05) is 0 Å². The molecule has 0 saturated heterocycles. The van der Waals surface area contributed by atoms with E-state index in [1.165, 1.54) is 6.92 Å². The molecule has 0 N–H and O–H groups in total. The van der Waals surface area contributed by atoms with E-state index in [2.05, 4.69) is 15.9 Å². The Morgan fingerprint density at radius 1 is 1.35 bits per heavy atom. The van der Waals surface area contributed by atoms with E-state index in [4.69, 9.17) is 4.42 Å². The number of furan rings is 1. The summed E-state index contributed by atoms with van der Waals surface area (Å²) in [7, 11) is 0. The van der Waals surface area contributed by atoms with Crippen molar-refractivity contribution >= 4 is 32.7 Å². The van der Waals surface area contributed by atoms with E-state index in [0.29, 0.717) is 9.86 Å². The SMILES string of the molecule is Cc1c(C(=O)C(F)(F)F)oc2c(Br)cccc12. The van der Waals surface area contributed by atoms with Crippen LogP contribution in [-0.4, -0.2) is 12.0 Å². The molecule has 0 spiro atoms. The van der Waals surface area contributed by atoms with Crippen molar-refractivity contribution in [1.29, 1.82) is 0 Å². The maximum atomic E-state index is 12.3. The maximum Gasteiger partial charge on any atom is 0.458 e. The number of rotatable bonds is 1. The molecule has 2 rings (SSSR count). The van der Waals surface area contributed by atoms with Crippen molar-refractivity contribution < 1.29 is 22.4 Å². The van der Waals surface area contributed by atoms with E-state index >= 15 is 0 Å². The fourth-order valence-corrected chi connectivity index (χ4v) is 2.00. The second kappa shape index (κ2) is 3.87. The molecule has 17 heavy (non-hydrogen) atoms. The minimum atomic E-state index is -4.93. The van der Waals surface area contributed by atoms with Crippen LogP contribution < -0.4 is 0 Å². The number of hydrogen-bond donors (Lipinski definition) is 0. The number of fused-ring (bicyclic) bond motifs is 1. The molecule has 0 atom stereocenters. The summed E-state index contributed by atoms with van der Waals surface area (Å²) >= 11 is 3.16. The standard InChI is InChI=1S/C11H6BrF3O2/c1-5-6-3-2-4-7(12)9(6)17-8(5)10(16)11(13,14)15/h2-4H,1H3. The molecule has 0 radical (unpaired) electrons. The molecule has 2 nitrogen and oxygen atoms in total. The van der Waals surface area contributed by atoms with Crippen LogP contribution in [0.15, 0.2) is 27.1 Å². The van der Waals surface area contributed by atoms with Gasteiger partial charge in [0.1, 0.15) is 5.58 Å².